The van der Waals surface area contributed by atoms with E-state index in [9.17, 15) is 23.5 Å². The highest BCUT2D eigenvalue weighted by Crippen LogP contribution is 2.40. The van der Waals surface area contributed by atoms with Crippen LogP contribution < -0.4 is 0 Å². The Balaban J connectivity index is 0.000000207. The minimum atomic E-state index is -1.67. The minimum Gasteiger partial charge on any atom is -0.476 e. The lowest BCUT2D eigenvalue weighted by atomic mass is 10.0. The summed E-state index contributed by atoms with van der Waals surface area (Å²) in [4.78, 5) is 23.7. The molecule has 1 N–H and O–H groups in total. The molecule has 0 amide bonds. The predicted octanol–water partition coefficient (Wildman–Crippen LogP) is 14.8. The van der Waals surface area contributed by atoms with E-state index in [-0.39, 0.29) is 28.4 Å². The number of carbonyl (C=O) groups is 2. The highest BCUT2D eigenvalue weighted by atomic mass is 36.0. The number of carboxylic acids is 1. The number of thioether (sulfide) groups is 2. The average molecular weight is 1090 g/mol. The van der Waals surface area contributed by atoms with E-state index in [1.54, 1.807) is 93.6 Å². The van der Waals surface area contributed by atoms with Crippen LogP contribution >= 0.6 is 126 Å². The Kier molecular flexibility index (Phi) is 19.6. The molecule has 0 aliphatic carbocycles. The molecule has 0 saturated carbocycles. The molecule has 6 aromatic rings. The zero-order valence-electron chi connectivity index (χ0n) is 31.6. The lowest BCUT2D eigenvalue weighted by molar-refractivity contribution is 0.0689. The number of aromatic nitrogens is 4. The molecule has 22 heteroatoms. The Labute approximate surface area is 414 Å². The molecule has 0 bridgehead atoms. The van der Waals surface area contributed by atoms with Gasteiger partial charge in [-0.1, -0.05) is 70.7 Å². The first-order chi connectivity index (χ1) is 30.0. The van der Waals surface area contributed by atoms with Gasteiger partial charge in [0.1, 0.15) is 17.3 Å². The fourth-order valence-electron chi connectivity index (χ4n) is 6.22. The molecule has 2 aromatic heterocycles. The van der Waals surface area contributed by atoms with Crippen molar-refractivity contribution < 1.29 is 27.7 Å². The van der Waals surface area contributed by atoms with Crippen LogP contribution in [-0.4, -0.2) is 56.9 Å². The quantitative estimate of drug-likeness (QED) is 0.130. The molecule has 2 aliphatic heterocycles. The molecule has 8 rings (SSSR count). The third kappa shape index (κ3) is 13.7. The first kappa shape index (κ1) is 51.2. The Morgan fingerprint density at radius 1 is 0.667 bits per heavy atom. The van der Waals surface area contributed by atoms with Gasteiger partial charge in [-0.3, -0.25) is 4.79 Å². The molecule has 8 nitrogen and oxygen atoms in total. The van der Waals surface area contributed by atoms with E-state index in [0.29, 0.717) is 65.7 Å². The topological polar surface area (TPSA) is 107 Å². The van der Waals surface area contributed by atoms with Crippen LogP contribution in [0.3, 0.4) is 0 Å². The summed E-state index contributed by atoms with van der Waals surface area (Å²) in [6, 6.07) is 22.4. The first-order valence-corrected chi connectivity index (χ1v) is 25.6. The van der Waals surface area contributed by atoms with Crippen LogP contribution in [0.2, 0.25) is 20.1 Å². The van der Waals surface area contributed by atoms with E-state index in [2.05, 4.69) is 31.6 Å². The number of rotatable bonds is 6. The summed E-state index contributed by atoms with van der Waals surface area (Å²) >= 11 is 43.3. The number of nitrogens with zero attached hydrogens (tertiary/aromatic N) is 4. The van der Waals surface area contributed by atoms with Crippen LogP contribution in [0.4, 0.5) is 8.78 Å². The Morgan fingerprint density at radius 3 is 1.38 bits per heavy atom. The summed E-state index contributed by atoms with van der Waals surface area (Å²) in [6.07, 6.45) is 3.87. The Hall–Kier alpha value is -2.76. The Morgan fingerprint density at radius 2 is 1.03 bits per heavy atom. The molecule has 4 aromatic carbocycles. The highest BCUT2D eigenvalue weighted by molar-refractivity contribution is 8.26. The third-order valence-corrected chi connectivity index (χ3v) is 11.9. The maximum Gasteiger partial charge on any atom is 0.356 e. The summed E-state index contributed by atoms with van der Waals surface area (Å²) in [5.74, 6) is 0.805. The van der Waals surface area contributed by atoms with Crippen molar-refractivity contribution in [3.8, 4) is 11.4 Å². The fraction of sp³-hybridized carbons (Fsp3) is 0.122. The largest absolute Gasteiger partial charge is 0.476 e. The van der Waals surface area contributed by atoms with Gasteiger partial charge >= 0.3 is 5.97 Å². The minimum absolute atomic E-state index is 0.00165. The van der Waals surface area contributed by atoms with Crippen molar-refractivity contribution in [2.45, 2.75) is 11.5 Å². The van der Waals surface area contributed by atoms with Gasteiger partial charge < -0.3 is 5.11 Å². The summed E-state index contributed by atoms with van der Waals surface area (Å²) in [5.41, 5.74) is 7.73. The van der Waals surface area contributed by atoms with Crippen molar-refractivity contribution in [2.24, 2.45) is 0 Å². The molecule has 4 heterocycles. The van der Waals surface area contributed by atoms with Crippen molar-refractivity contribution in [2.75, 3.05) is 16.8 Å². The summed E-state index contributed by atoms with van der Waals surface area (Å²) in [6.45, 7) is 0. The van der Waals surface area contributed by atoms with Gasteiger partial charge in [-0.25, -0.2) is 27.1 Å². The van der Waals surface area contributed by atoms with Crippen molar-refractivity contribution in [3.05, 3.63) is 162 Å². The fourth-order valence-corrected chi connectivity index (χ4v) is 9.39. The van der Waals surface area contributed by atoms with Crippen molar-refractivity contribution >= 4 is 170 Å². The number of alkyl halides is 2. The van der Waals surface area contributed by atoms with Crippen LogP contribution in [0.25, 0.3) is 34.7 Å². The highest BCUT2D eigenvalue weighted by Gasteiger charge is 2.30. The van der Waals surface area contributed by atoms with E-state index in [4.69, 9.17) is 85.4 Å². The summed E-state index contributed by atoms with van der Waals surface area (Å²) in [7, 11) is 7.36. The van der Waals surface area contributed by atoms with Crippen molar-refractivity contribution in [1.82, 2.24) is 19.6 Å². The van der Waals surface area contributed by atoms with E-state index in [0.717, 1.165) is 33.5 Å². The maximum atomic E-state index is 13.2. The van der Waals surface area contributed by atoms with Crippen LogP contribution in [0.15, 0.2) is 84.9 Å². The number of carboxylic acid groups (broad SMARTS) is 1. The van der Waals surface area contributed by atoms with Gasteiger partial charge in [0, 0.05) is 65.5 Å². The van der Waals surface area contributed by atoms with Gasteiger partial charge in [-0.05, 0) is 107 Å². The van der Waals surface area contributed by atoms with Gasteiger partial charge in [0.2, 0.25) is 9.23 Å². The van der Waals surface area contributed by atoms with Crippen molar-refractivity contribution in [3.63, 3.8) is 0 Å². The lowest BCUT2D eigenvalue weighted by Crippen LogP contribution is -2.08. The van der Waals surface area contributed by atoms with Gasteiger partial charge in [-0.2, -0.15) is 33.7 Å². The molecule has 330 valence electrons. The molecule has 0 fully saturated rings. The molecular formula is C41H27Cl9F2N4O4S3. The Bertz CT molecular complexity index is 2540. The molecule has 0 atom stereocenters. The summed E-state index contributed by atoms with van der Waals surface area (Å²) < 4.78 is 38.8. The van der Waals surface area contributed by atoms with Crippen molar-refractivity contribution in [1.29, 1.82) is 0 Å². The van der Waals surface area contributed by atoms with E-state index in [1.165, 1.54) is 24.3 Å². The summed E-state index contributed by atoms with van der Waals surface area (Å²) in [5, 5.41) is 19.7. The van der Waals surface area contributed by atoms with Gasteiger partial charge in [0.25, 0.3) is 5.24 Å². The number of hydrogen-bond donors (Lipinski definition) is 1. The molecule has 2 aliphatic rings. The normalized spacial score (nSPS) is 14.1. The number of benzene rings is 4. The van der Waals surface area contributed by atoms with E-state index >= 15 is 0 Å². The zero-order valence-corrected chi connectivity index (χ0v) is 40.9. The second kappa shape index (κ2) is 24.1. The second-order valence-corrected chi connectivity index (χ2v) is 20.0. The molecule has 0 spiro atoms. The SMILES string of the molecule is ClCCl.O=C(Cl)c1nn(-c2ccc(Cl)cc2Cl)c2c1CSC/C2=C\c1ccc(F)cc1.O=C(O)c1nn(-c2ccc(Cl)cc2Cl)c2c1CSC/C2=C\c1ccc(F)cc1.O=S(Cl)Cl. The van der Waals surface area contributed by atoms with Crippen LogP contribution in [-0.2, 0) is 20.7 Å². The van der Waals surface area contributed by atoms with Gasteiger partial charge in [-0.15, -0.1) is 23.2 Å². The molecule has 0 saturated heterocycles. The number of halogens is 11. The number of aromatic carboxylic acids is 1. The third-order valence-electron chi connectivity index (χ3n) is 8.67. The molecule has 63 heavy (non-hydrogen) atoms. The molecule has 0 radical (unpaired) electrons. The first-order valence-electron chi connectivity index (χ1n) is 17.5. The number of hydrogen-bond acceptors (Lipinski definition) is 7. The van der Waals surface area contributed by atoms with Gasteiger partial charge in [0.05, 0.1) is 38.1 Å². The molecular weight excluding hydrogens is 1070 g/mol. The van der Waals surface area contributed by atoms with Gasteiger partial charge in [0.15, 0.2) is 5.69 Å². The van der Waals surface area contributed by atoms with E-state index in [1.807, 2.05) is 12.2 Å². The standard InChI is InChI=1S/C20H12Cl3FN2OS.C20H13Cl2FN2O2S.CH2Cl2.Cl2OS/c21-13-3-6-17(16(22)8-13)26-19-12(7-11-1-4-14(24)5-2-11)9-28-10-15(19)18(25-26)20(23)27;21-13-3-6-17(16(22)8-13)25-19-12(7-11-1-4-14(23)5-2-11)9-28-10-15(19)18(24-25)20(26)27;2-1-3;1-4(2)3/h1-8H,9-10H2;1-8H,9-10H2,(H,26,27);1H2;/b2*12-7+;;. The number of fused-ring (bicyclic) bond motifs is 2. The number of carbonyl (C=O) groups excluding carboxylic acids is 1. The van der Waals surface area contributed by atoms with Crippen LogP contribution in [0, 0.1) is 11.6 Å². The van der Waals surface area contributed by atoms with Crippen LogP contribution in [0.5, 0.6) is 0 Å². The average Bonchev–Trinajstić information content (AvgIpc) is 3.81. The van der Waals surface area contributed by atoms with E-state index < -0.39 is 20.4 Å². The predicted molar refractivity (Wildman–Crippen MR) is 262 cm³/mol. The maximum absolute atomic E-state index is 13.2. The smallest absolute Gasteiger partial charge is 0.356 e. The van der Waals surface area contributed by atoms with Crippen LogP contribution in [0.1, 0.15) is 54.6 Å². The molecule has 0 unspecified atom stereocenters. The zero-order chi connectivity index (χ0) is 46.0. The second-order valence-electron chi connectivity index (χ2n) is 12.7. The lowest BCUT2D eigenvalue weighted by Gasteiger charge is -2.18. The monoisotopic (exact) mass is 1090 g/mol.